The fraction of sp³-hybridized carbons (Fsp3) is 0.314. The minimum atomic E-state index is -0.983. The number of rotatable bonds is 11. The molecule has 0 aliphatic carbocycles. The number of fused-ring (bicyclic) bond motifs is 1. The summed E-state index contributed by atoms with van der Waals surface area (Å²) in [5.41, 5.74) is 4.70. The number of methoxy groups -OCH3 is 1. The van der Waals surface area contributed by atoms with Crippen molar-refractivity contribution in [3.05, 3.63) is 96.2 Å². The standard InChI is InChI=1S/C35H38N4O4S/c1-34(2,3)44-31-28-17-27(43-22-26-9-7-8-16-36-26)20-38-32(28)39(29(31)18-35(4,5)33(40)41)21-23-10-12-24(13-11-23)25-14-15-30(42-6)37-19-25/h7-17,19-20H,18,21-22H2,1-6H3,(H,40,41). The molecule has 8 nitrogen and oxygen atoms in total. The first-order valence-corrected chi connectivity index (χ1v) is 15.3. The number of thioether (sulfide) groups is 1. The quantitative estimate of drug-likeness (QED) is 0.152. The Balaban J connectivity index is 1.57. The van der Waals surface area contributed by atoms with E-state index < -0.39 is 11.4 Å². The van der Waals surface area contributed by atoms with Crippen molar-refractivity contribution in [2.45, 2.75) is 63.8 Å². The van der Waals surface area contributed by atoms with Crippen LogP contribution in [0.25, 0.3) is 22.2 Å². The fourth-order valence-corrected chi connectivity index (χ4v) is 6.04. The molecule has 0 atom stereocenters. The van der Waals surface area contributed by atoms with Crippen LogP contribution in [0.2, 0.25) is 0 Å². The zero-order valence-corrected chi connectivity index (χ0v) is 26.8. The number of carboxylic acids is 1. The van der Waals surface area contributed by atoms with E-state index in [0.29, 0.717) is 31.2 Å². The number of benzene rings is 1. The molecule has 5 aromatic rings. The van der Waals surface area contributed by atoms with Gasteiger partial charge in [-0.05, 0) is 49.2 Å². The van der Waals surface area contributed by atoms with E-state index in [4.69, 9.17) is 14.5 Å². The Hall–Kier alpha value is -4.37. The third-order valence-electron chi connectivity index (χ3n) is 7.21. The maximum atomic E-state index is 12.3. The first kappa shape index (κ1) is 31.1. The molecule has 0 radical (unpaired) electrons. The minimum absolute atomic E-state index is 0.125. The Morgan fingerprint density at radius 1 is 0.932 bits per heavy atom. The average Bonchev–Trinajstić information content (AvgIpc) is 3.26. The number of carbonyl (C=O) groups is 1. The van der Waals surface area contributed by atoms with Gasteiger partial charge >= 0.3 is 5.97 Å². The van der Waals surface area contributed by atoms with Crippen LogP contribution in [0.1, 0.15) is 51.6 Å². The summed E-state index contributed by atoms with van der Waals surface area (Å²) < 4.78 is 13.3. The topological polar surface area (TPSA) is 99.4 Å². The van der Waals surface area contributed by atoms with E-state index in [1.165, 1.54) is 0 Å². The number of aromatic nitrogens is 4. The second-order valence-electron chi connectivity index (χ2n) is 12.4. The van der Waals surface area contributed by atoms with Crippen LogP contribution < -0.4 is 9.47 Å². The highest BCUT2D eigenvalue weighted by Crippen LogP contribution is 2.43. The Morgan fingerprint density at radius 2 is 1.68 bits per heavy atom. The van der Waals surface area contributed by atoms with E-state index in [9.17, 15) is 9.90 Å². The largest absolute Gasteiger partial charge is 0.486 e. The first-order chi connectivity index (χ1) is 20.9. The lowest BCUT2D eigenvalue weighted by Gasteiger charge is -2.24. The van der Waals surface area contributed by atoms with Crippen molar-refractivity contribution in [3.8, 4) is 22.8 Å². The van der Waals surface area contributed by atoms with Crippen molar-refractivity contribution in [3.63, 3.8) is 0 Å². The van der Waals surface area contributed by atoms with E-state index >= 15 is 0 Å². The molecule has 5 rings (SSSR count). The van der Waals surface area contributed by atoms with Gasteiger partial charge in [-0.25, -0.2) is 9.97 Å². The van der Waals surface area contributed by atoms with Crippen molar-refractivity contribution in [1.29, 1.82) is 0 Å². The van der Waals surface area contributed by atoms with Crippen LogP contribution in [0.5, 0.6) is 11.6 Å². The Morgan fingerprint density at radius 3 is 2.30 bits per heavy atom. The molecule has 0 aliphatic rings. The maximum absolute atomic E-state index is 12.3. The van der Waals surface area contributed by atoms with E-state index in [1.807, 2.05) is 36.4 Å². The summed E-state index contributed by atoms with van der Waals surface area (Å²) >= 11 is 1.73. The molecule has 0 saturated carbocycles. The van der Waals surface area contributed by atoms with E-state index in [-0.39, 0.29) is 4.75 Å². The molecule has 0 saturated heterocycles. The molecule has 0 fully saturated rings. The number of aliphatic carboxylic acids is 1. The lowest BCUT2D eigenvalue weighted by Crippen LogP contribution is -2.28. The van der Waals surface area contributed by atoms with Crippen molar-refractivity contribution in [2.75, 3.05) is 7.11 Å². The molecule has 4 aromatic heterocycles. The van der Waals surface area contributed by atoms with Gasteiger partial charge in [0.05, 0.1) is 24.4 Å². The van der Waals surface area contributed by atoms with Gasteiger partial charge < -0.3 is 19.1 Å². The van der Waals surface area contributed by atoms with E-state index in [0.717, 1.165) is 44.0 Å². The van der Waals surface area contributed by atoms with Gasteiger partial charge in [-0.1, -0.05) is 51.1 Å². The predicted octanol–water partition coefficient (Wildman–Crippen LogP) is 7.67. The van der Waals surface area contributed by atoms with Crippen LogP contribution >= 0.6 is 11.8 Å². The molecule has 0 unspecified atom stereocenters. The van der Waals surface area contributed by atoms with Crippen LogP contribution in [-0.2, 0) is 24.4 Å². The normalized spacial score (nSPS) is 12.0. The van der Waals surface area contributed by atoms with E-state index in [1.54, 1.807) is 51.3 Å². The van der Waals surface area contributed by atoms with Crippen molar-refractivity contribution in [1.82, 2.24) is 19.5 Å². The molecule has 0 aliphatic heterocycles. The second-order valence-corrected chi connectivity index (χ2v) is 14.2. The number of ether oxygens (including phenoxy) is 2. The van der Waals surface area contributed by atoms with Crippen LogP contribution in [0, 0.1) is 5.41 Å². The van der Waals surface area contributed by atoms with Gasteiger partial charge in [0, 0.05) is 57.7 Å². The second kappa shape index (κ2) is 12.7. The average molecular weight is 611 g/mol. The Labute approximate surface area is 262 Å². The number of hydrogen-bond donors (Lipinski definition) is 1. The molecule has 4 heterocycles. The lowest BCUT2D eigenvalue weighted by atomic mass is 9.88. The summed E-state index contributed by atoms with van der Waals surface area (Å²) in [6.07, 6.45) is 5.62. The van der Waals surface area contributed by atoms with Crippen molar-refractivity contribution < 1.29 is 19.4 Å². The number of pyridine rings is 3. The van der Waals surface area contributed by atoms with Gasteiger partial charge in [-0.3, -0.25) is 9.78 Å². The summed E-state index contributed by atoms with van der Waals surface area (Å²) in [5.74, 6) is 0.367. The monoisotopic (exact) mass is 610 g/mol. The van der Waals surface area contributed by atoms with Gasteiger partial charge in [0.15, 0.2) is 0 Å². The molecule has 228 valence electrons. The third-order valence-corrected chi connectivity index (χ3v) is 8.48. The maximum Gasteiger partial charge on any atom is 0.309 e. The molecule has 1 N–H and O–H groups in total. The number of hydrogen-bond acceptors (Lipinski definition) is 7. The van der Waals surface area contributed by atoms with Crippen LogP contribution in [0.3, 0.4) is 0 Å². The zero-order chi connectivity index (χ0) is 31.5. The first-order valence-electron chi connectivity index (χ1n) is 14.5. The highest BCUT2D eigenvalue weighted by Gasteiger charge is 2.33. The van der Waals surface area contributed by atoms with Gasteiger partial charge in [-0.2, -0.15) is 0 Å². The van der Waals surface area contributed by atoms with Crippen LogP contribution in [0.4, 0.5) is 0 Å². The van der Waals surface area contributed by atoms with Crippen LogP contribution in [0.15, 0.2) is 84.1 Å². The Kier molecular flexibility index (Phi) is 8.97. The van der Waals surface area contributed by atoms with Gasteiger partial charge in [0.1, 0.15) is 18.0 Å². The number of nitrogens with zero attached hydrogens (tertiary/aromatic N) is 4. The highest BCUT2D eigenvalue weighted by atomic mass is 32.2. The van der Waals surface area contributed by atoms with Crippen molar-refractivity contribution >= 4 is 28.8 Å². The predicted molar refractivity (Wildman–Crippen MR) is 174 cm³/mol. The fourth-order valence-electron chi connectivity index (χ4n) is 4.86. The molecule has 0 bridgehead atoms. The molecule has 44 heavy (non-hydrogen) atoms. The molecule has 9 heteroatoms. The van der Waals surface area contributed by atoms with Crippen molar-refractivity contribution in [2.24, 2.45) is 5.41 Å². The smallest absolute Gasteiger partial charge is 0.309 e. The lowest BCUT2D eigenvalue weighted by molar-refractivity contribution is -0.146. The van der Waals surface area contributed by atoms with E-state index in [2.05, 4.69) is 59.6 Å². The van der Waals surface area contributed by atoms with Gasteiger partial charge in [0.2, 0.25) is 5.88 Å². The SMILES string of the molecule is COc1ccc(-c2ccc(Cn3c(CC(C)(C)C(=O)O)c(SC(C)(C)C)c4cc(OCc5ccccn5)cnc43)cc2)cn1. The summed E-state index contributed by atoms with van der Waals surface area (Å²) in [4.78, 5) is 26.9. The molecular weight excluding hydrogens is 572 g/mol. The highest BCUT2D eigenvalue weighted by molar-refractivity contribution is 8.00. The molecule has 0 spiro atoms. The summed E-state index contributed by atoms with van der Waals surface area (Å²) in [6, 6.07) is 19.9. The van der Waals surface area contributed by atoms with Gasteiger partial charge in [0.25, 0.3) is 0 Å². The molecule has 1 aromatic carbocycles. The summed E-state index contributed by atoms with van der Waals surface area (Å²) in [7, 11) is 1.60. The van der Waals surface area contributed by atoms with Crippen LogP contribution in [-0.4, -0.2) is 42.5 Å². The molecular formula is C35H38N4O4S. The third kappa shape index (κ3) is 7.22. The van der Waals surface area contributed by atoms with Gasteiger partial charge in [-0.15, -0.1) is 11.8 Å². The summed E-state index contributed by atoms with van der Waals surface area (Å²) in [6.45, 7) is 10.9. The Bertz CT molecular complexity index is 1740. The minimum Gasteiger partial charge on any atom is -0.486 e. The molecule has 0 amide bonds. The zero-order valence-electron chi connectivity index (χ0n) is 26.0. The number of carboxylic acid groups (broad SMARTS) is 1. The summed E-state index contributed by atoms with van der Waals surface area (Å²) in [5, 5.41) is 11.0.